The third-order valence-electron chi connectivity index (χ3n) is 2.81. The predicted molar refractivity (Wildman–Crippen MR) is 83.8 cm³/mol. The number of hydrogen-bond acceptors (Lipinski definition) is 2. The van der Waals surface area contributed by atoms with Gasteiger partial charge in [0.1, 0.15) is 0 Å². The van der Waals surface area contributed by atoms with Gasteiger partial charge >= 0.3 is 6.03 Å². The van der Waals surface area contributed by atoms with Crippen LogP contribution in [0.25, 0.3) is 0 Å². The molecule has 1 aromatic carbocycles. The summed E-state index contributed by atoms with van der Waals surface area (Å²) in [5.41, 5.74) is 2.78. The highest BCUT2D eigenvalue weighted by molar-refractivity contribution is 9.10. The Balaban J connectivity index is 1.78. The van der Waals surface area contributed by atoms with Crippen LogP contribution in [0.1, 0.15) is 11.3 Å². The summed E-state index contributed by atoms with van der Waals surface area (Å²) in [7, 11) is 0. The van der Waals surface area contributed by atoms with Crippen LogP contribution in [0.15, 0.2) is 47.1 Å². The monoisotopic (exact) mass is 333 g/mol. The van der Waals surface area contributed by atoms with Gasteiger partial charge in [-0.25, -0.2) is 4.79 Å². The zero-order valence-corrected chi connectivity index (χ0v) is 12.8. The molecule has 0 spiro atoms. The smallest absolute Gasteiger partial charge is 0.319 e. The molecule has 0 saturated carbocycles. The van der Waals surface area contributed by atoms with Crippen molar-refractivity contribution in [1.29, 1.82) is 0 Å². The van der Waals surface area contributed by atoms with E-state index in [0.29, 0.717) is 12.2 Å². The van der Waals surface area contributed by atoms with Gasteiger partial charge in [0.25, 0.3) is 0 Å². The minimum Gasteiger partial charge on any atom is -0.338 e. The largest absolute Gasteiger partial charge is 0.338 e. The van der Waals surface area contributed by atoms with E-state index in [0.717, 1.165) is 16.6 Å². The zero-order chi connectivity index (χ0) is 14.4. The molecule has 0 aliphatic rings. The summed E-state index contributed by atoms with van der Waals surface area (Å²) in [6, 6.07) is 11.5. The van der Waals surface area contributed by atoms with Crippen molar-refractivity contribution >= 4 is 27.6 Å². The Hall–Kier alpha value is -1.88. The van der Waals surface area contributed by atoms with Crippen molar-refractivity contribution in [1.82, 2.24) is 10.3 Å². The van der Waals surface area contributed by atoms with Gasteiger partial charge in [0.2, 0.25) is 0 Å². The van der Waals surface area contributed by atoms with E-state index in [2.05, 4.69) is 31.5 Å². The van der Waals surface area contributed by atoms with E-state index in [-0.39, 0.29) is 6.03 Å². The Morgan fingerprint density at radius 1 is 1.25 bits per heavy atom. The van der Waals surface area contributed by atoms with Crippen LogP contribution in [0, 0.1) is 6.92 Å². The molecule has 1 aromatic heterocycles. The van der Waals surface area contributed by atoms with Crippen LogP contribution in [-0.4, -0.2) is 17.6 Å². The van der Waals surface area contributed by atoms with Crippen LogP contribution in [0.4, 0.5) is 10.5 Å². The SMILES string of the molecule is Cc1ccc(NC(=O)NCCc2ccccc2Br)cn1. The summed E-state index contributed by atoms with van der Waals surface area (Å²) in [5, 5.41) is 5.57. The Kier molecular flexibility index (Phi) is 5.12. The van der Waals surface area contributed by atoms with Gasteiger partial charge < -0.3 is 10.6 Å². The number of halogens is 1. The van der Waals surface area contributed by atoms with E-state index in [9.17, 15) is 4.79 Å². The molecule has 2 N–H and O–H groups in total. The maximum Gasteiger partial charge on any atom is 0.319 e. The van der Waals surface area contributed by atoms with Gasteiger partial charge in [-0.1, -0.05) is 34.1 Å². The first-order valence-electron chi connectivity index (χ1n) is 6.36. The number of hydrogen-bond donors (Lipinski definition) is 2. The number of rotatable bonds is 4. The molecule has 0 unspecified atom stereocenters. The van der Waals surface area contributed by atoms with E-state index in [1.54, 1.807) is 6.20 Å². The molecule has 104 valence electrons. The number of aryl methyl sites for hydroxylation is 1. The second kappa shape index (κ2) is 7.05. The zero-order valence-electron chi connectivity index (χ0n) is 11.2. The Morgan fingerprint density at radius 3 is 2.75 bits per heavy atom. The standard InChI is InChI=1S/C15H16BrN3O/c1-11-6-7-13(10-18-11)19-15(20)17-9-8-12-4-2-3-5-14(12)16/h2-7,10H,8-9H2,1H3,(H2,17,19,20). The van der Waals surface area contributed by atoms with Gasteiger partial charge in [-0.2, -0.15) is 0 Å². The van der Waals surface area contributed by atoms with Gasteiger partial charge in [-0.05, 0) is 37.1 Å². The number of amides is 2. The van der Waals surface area contributed by atoms with Crippen molar-refractivity contribution in [2.45, 2.75) is 13.3 Å². The number of nitrogens with zero attached hydrogens (tertiary/aromatic N) is 1. The Labute approximate surface area is 126 Å². The third kappa shape index (κ3) is 4.35. The highest BCUT2D eigenvalue weighted by Crippen LogP contribution is 2.15. The molecule has 0 aliphatic carbocycles. The Bertz CT molecular complexity index is 584. The van der Waals surface area contributed by atoms with Crippen LogP contribution in [0.2, 0.25) is 0 Å². The van der Waals surface area contributed by atoms with Crippen molar-refractivity contribution < 1.29 is 4.79 Å². The minimum absolute atomic E-state index is 0.220. The average Bonchev–Trinajstić information content (AvgIpc) is 2.43. The summed E-state index contributed by atoms with van der Waals surface area (Å²) in [5.74, 6) is 0. The van der Waals surface area contributed by atoms with Crippen molar-refractivity contribution in [2.24, 2.45) is 0 Å². The maximum absolute atomic E-state index is 11.7. The van der Waals surface area contributed by atoms with E-state index >= 15 is 0 Å². The molecular formula is C15H16BrN3O. The van der Waals surface area contributed by atoms with Gasteiger partial charge in [-0.3, -0.25) is 4.98 Å². The fraction of sp³-hybridized carbons (Fsp3) is 0.200. The average molecular weight is 334 g/mol. The summed E-state index contributed by atoms with van der Waals surface area (Å²) < 4.78 is 1.06. The van der Waals surface area contributed by atoms with Crippen LogP contribution in [0.3, 0.4) is 0 Å². The van der Waals surface area contributed by atoms with Gasteiger partial charge in [0.15, 0.2) is 0 Å². The molecule has 2 rings (SSSR count). The number of nitrogens with one attached hydrogen (secondary N) is 2. The molecule has 0 bridgehead atoms. The minimum atomic E-state index is -0.220. The number of urea groups is 1. The first-order chi connectivity index (χ1) is 9.65. The van der Waals surface area contributed by atoms with E-state index < -0.39 is 0 Å². The van der Waals surface area contributed by atoms with Crippen LogP contribution in [0.5, 0.6) is 0 Å². The molecule has 0 atom stereocenters. The lowest BCUT2D eigenvalue weighted by Crippen LogP contribution is -2.30. The van der Waals surface area contributed by atoms with E-state index in [4.69, 9.17) is 0 Å². The van der Waals surface area contributed by atoms with Crippen LogP contribution >= 0.6 is 15.9 Å². The molecule has 0 fully saturated rings. The van der Waals surface area contributed by atoms with Crippen molar-refractivity contribution in [2.75, 3.05) is 11.9 Å². The number of aromatic nitrogens is 1. The van der Waals surface area contributed by atoms with Gasteiger partial charge in [0.05, 0.1) is 11.9 Å². The molecule has 1 heterocycles. The molecule has 20 heavy (non-hydrogen) atoms. The van der Waals surface area contributed by atoms with Crippen molar-refractivity contribution in [3.63, 3.8) is 0 Å². The topological polar surface area (TPSA) is 54.0 Å². The highest BCUT2D eigenvalue weighted by Gasteiger charge is 2.03. The lowest BCUT2D eigenvalue weighted by Gasteiger charge is -2.08. The molecule has 0 saturated heterocycles. The number of benzene rings is 1. The van der Waals surface area contributed by atoms with Crippen molar-refractivity contribution in [3.8, 4) is 0 Å². The van der Waals surface area contributed by atoms with Crippen molar-refractivity contribution in [3.05, 3.63) is 58.3 Å². The van der Waals surface area contributed by atoms with Crippen LogP contribution < -0.4 is 10.6 Å². The summed E-state index contributed by atoms with van der Waals surface area (Å²) >= 11 is 3.49. The molecule has 2 amide bonds. The Morgan fingerprint density at radius 2 is 2.05 bits per heavy atom. The first kappa shape index (κ1) is 14.5. The maximum atomic E-state index is 11.7. The second-order valence-electron chi connectivity index (χ2n) is 4.41. The number of carbonyl (C=O) groups is 1. The fourth-order valence-electron chi connectivity index (χ4n) is 1.73. The molecule has 0 aliphatic heterocycles. The molecule has 2 aromatic rings. The summed E-state index contributed by atoms with van der Waals surface area (Å²) in [6.07, 6.45) is 2.42. The predicted octanol–water partition coefficient (Wildman–Crippen LogP) is 3.52. The van der Waals surface area contributed by atoms with Gasteiger partial charge in [0, 0.05) is 16.7 Å². The lowest BCUT2D eigenvalue weighted by atomic mass is 10.1. The van der Waals surface area contributed by atoms with Gasteiger partial charge in [-0.15, -0.1) is 0 Å². The second-order valence-corrected chi connectivity index (χ2v) is 5.26. The fourth-order valence-corrected chi connectivity index (χ4v) is 2.21. The van der Waals surface area contributed by atoms with E-state index in [1.807, 2.05) is 43.3 Å². The number of carbonyl (C=O) groups excluding carboxylic acids is 1. The number of anilines is 1. The molecule has 4 nitrogen and oxygen atoms in total. The molecular weight excluding hydrogens is 318 g/mol. The lowest BCUT2D eigenvalue weighted by molar-refractivity contribution is 0.252. The summed E-state index contributed by atoms with van der Waals surface area (Å²) in [6.45, 7) is 2.48. The normalized spacial score (nSPS) is 10.1. The van der Waals surface area contributed by atoms with E-state index in [1.165, 1.54) is 5.56 Å². The molecule has 0 radical (unpaired) electrons. The third-order valence-corrected chi connectivity index (χ3v) is 3.58. The molecule has 5 heteroatoms. The highest BCUT2D eigenvalue weighted by atomic mass is 79.9. The van der Waals surface area contributed by atoms with Crippen LogP contribution in [-0.2, 0) is 6.42 Å². The summed E-state index contributed by atoms with van der Waals surface area (Å²) in [4.78, 5) is 15.8. The quantitative estimate of drug-likeness (QED) is 0.899. The number of pyridine rings is 1. The first-order valence-corrected chi connectivity index (χ1v) is 7.15.